The van der Waals surface area contributed by atoms with Crippen LogP contribution < -0.4 is 0 Å². The zero-order valence-electron chi connectivity index (χ0n) is 8.85. The van der Waals surface area contributed by atoms with Gasteiger partial charge in [0.1, 0.15) is 0 Å². The third kappa shape index (κ3) is 4.41. The van der Waals surface area contributed by atoms with Crippen LogP contribution in [0.25, 0.3) is 0 Å². The predicted octanol–water partition coefficient (Wildman–Crippen LogP) is 2.38. The molecule has 1 heteroatoms. The molecule has 1 nitrogen and oxygen atoms in total. The minimum atomic E-state index is 0.642. The second-order valence-electron chi connectivity index (χ2n) is 3.00. The fraction of sp³-hybridized carbons (Fsp3) is 0.818. The van der Waals surface area contributed by atoms with Crippen molar-refractivity contribution in [1.29, 1.82) is 0 Å². The first-order valence-corrected chi connectivity index (χ1v) is 4.93. The second kappa shape index (κ2) is 7.18. The summed E-state index contributed by atoms with van der Waals surface area (Å²) >= 11 is 0. The van der Waals surface area contributed by atoms with E-state index in [0.29, 0.717) is 5.92 Å². The highest BCUT2D eigenvalue weighted by atomic mass is 15.1. The maximum atomic E-state index is 3.22. The molecule has 0 spiro atoms. The summed E-state index contributed by atoms with van der Waals surface area (Å²) in [5.74, 6) is 6.85. The Kier molecular flexibility index (Phi) is 6.90. The highest BCUT2D eigenvalue weighted by Crippen LogP contribution is 2.13. The predicted molar refractivity (Wildman–Crippen MR) is 55.0 cm³/mol. The Morgan fingerprint density at radius 1 is 1.33 bits per heavy atom. The topological polar surface area (TPSA) is 3.24 Å². The molecule has 1 atom stereocenters. The van der Waals surface area contributed by atoms with Crippen molar-refractivity contribution >= 4 is 0 Å². The average molecular weight is 167 g/mol. The summed E-state index contributed by atoms with van der Waals surface area (Å²) in [4.78, 5) is 2.36. The van der Waals surface area contributed by atoms with Gasteiger partial charge in [-0.1, -0.05) is 19.8 Å². The van der Waals surface area contributed by atoms with E-state index in [1.807, 2.05) is 20.8 Å². The van der Waals surface area contributed by atoms with Crippen LogP contribution in [-0.4, -0.2) is 25.0 Å². The van der Waals surface area contributed by atoms with Crippen molar-refractivity contribution in [2.75, 3.05) is 20.1 Å². The second-order valence-corrected chi connectivity index (χ2v) is 3.00. The quantitative estimate of drug-likeness (QED) is 0.501. The Hall–Kier alpha value is -0.480. The Balaban J connectivity index is 0.000000561. The zero-order chi connectivity index (χ0) is 9.40. The summed E-state index contributed by atoms with van der Waals surface area (Å²) in [5.41, 5.74) is 0. The van der Waals surface area contributed by atoms with Crippen LogP contribution in [0.1, 0.15) is 33.6 Å². The van der Waals surface area contributed by atoms with E-state index >= 15 is 0 Å². The molecule has 1 saturated heterocycles. The third-order valence-corrected chi connectivity index (χ3v) is 1.97. The van der Waals surface area contributed by atoms with Crippen molar-refractivity contribution in [1.82, 2.24) is 4.90 Å². The molecular formula is C11H21N. The van der Waals surface area contributed by atoms with Crippen molar-refractivity contribution in [3.63, 3.8) is 0 Å². The van der Waals surface area contributed by atoms with Crippen LogP contribution in [-0.2, 0) is 0 Å². The molecule has 0 aromatic carbocycles. The molecule has 0 aromatic heterocycles. The first kappa shape index (κ1) is 11.5. The molecule has 0 aliphatic carbocycles. The van der Waals surface area contributed by atoms with E-state index in [0.717, 1.165) is 0 Å². The molecule has 0 bridgehead atoms. The van der Waals surface area contributed by atoms with Crippen molar-refractivity contribution in [2.24, 2.45) is 5.92 Å². The summed E-state index contributed by atoms with van der Waals surface area (Å²) in [6.45, 7) is 8.34. The first-order chi connectivity index (χ1) is 5.83. The van der Waals surface area contributed by atoms with E-state index in [1.54, 1.807) is 0 Å². The third-order valence-electron chi connectivity index (χ3n) is 1.97. The van der Waals surface area contributed by atoms with Crippen molar-refractivity contribution in [2.45, 2.75) is 33.6 Å². The zero-order valence-corrected chi connectivity index (χ0v) is 8.85. The van der Waals surface area contributed by atoms with Gasteiger partial charge in [0.25, 0.3) is 0 Å². The van der Waals surface area contributed by atoms with Crippen molar-refractivity contribution < 1.29 is 0 Å². The van der Waals surface area contributed by atoms with Crippen LogP contribution in [0, 0.1) is 17.8 Å². The van der Waals surface area contributed by atoms with Gasteiger partial charge in [-0.3, -0.25) is 0 Å². The Morgan fingerprint density at radius 3 is 2.50 bits per heavy atom. The van der Waals surface area contributed by atoms with Gasteiger partial charge in [0.05, 0.1) is 0 Å². The molecule has 1 rings (SSSR count). The number of nitrogens with zero attached hydrogens (tertiary/aromatic N) is 1. The van der Waals surface area contributed by atoms with Crippen LogP contribution in [0.3, 0.4) is 0 Å². The number of hydrogen-bond acceptors (Lipinski definition) is 1. The fourth-order valence-corrected chi connectivity index (χ4v) is 1.49. The average Bonchev–Trinajstić information content (AvgIpc) is 2.09. The smallest absolute Gasteiger partial charge is 0.0330 e. The minimum Gasteiger partial charge on any atom is -0.305 e. The summed E-state index contributed by atoms with van der Waals surface area (Å²) in [6, 6.07) is 0. The van der Waals surface area contributed by atoms with Crippen molar-refractivity contribution in [3.8, 4) is 11.8 Å². The van der Waals surface area contributed by atoms with Gasteiger partial charge in [0.15, 0.2) is 0 Å². The molecule has 0 N–H and O–H groups in total. The van der Waals surface area contributed by atoms with Crippen LogP contribution in [0.5, 0.6) is 0 Å². The van der Waals surface area contributed by atoms with Gasteiger partial charge < -0.3 is 4.90 Å². The van der Waals surface area contributed by atoms with E-state index in [9.17, 15) is 0 Å². The lowest BCUT2D eigenvalue weighted by atomic mass is 9.99. The lowest BCUT2D eigenvalue weighted by Gasteiger charge is -2.26. The van der Waals surface area contributed by atoms with Crippen LogP contribution >= 0.6 is 0 Å². The molecule has 70 valence electrons. The Morgan fingerprint density at radius 2 is 2.00 bits per heavy atom. The van der Waals surface area contributed by atoms with Gasteiger partial charge in [-0.2, -0.15) is 0 Å². The number of rotatable bonds is 0. The molecule has 0 amide bonds. The standard InChI is InChI=1S/C9H15N.C2H6/c1-3-5-9-6-4-7-10(2)8-9;1-2/h9H,4,6-8H2,1-2H3;1-2H3. The molecule has 1 fully saturated rings. The van der Waals surface area contributed by atoms with Gasteiger partial charge >= 0.3 is 0 Å². The van der Waals surface area contributed by atoms with Gasteiger partial charge in [0.2, 0.25) is 0 Å². The van der Waals surface area contributed by atoms with Gasteiger partial charge in [-0.05, 0) is 33.4 Å². The normalized spacial score (nSPS) is 23.2. The van der Waals surface area contributed by atoms with Gasteiger partial charge in [0, 0.05) is 12.5 Å². The highest BCUT2D eigenvalue weighted by Gasteiger charge is 2.13. The van der Waals surface area contributed by atoms with E-state index in [-0.39, 0.29) is 0 Å². The monoisotopic (exact) mass is 167 g/mol. The maximum Gasteiger partial charge on any atom is 0.0330 e. The maximum absolute atomic E-state index is 3.22. The number of hydrogen-bond donors (Lipinski definition) is 0. The van der Waals surface area contributed by atoms with E-state index < -0.39 is 0 Å². The van der Waals surface area contributed by atoms with E-state index in [2.05, 4.69) is 23.8 Å². The van der Waals surface area contributed by atoms with Gasteiger partial charge in [-0.25, -0.2) is 0 Å². The highest BCUT2D eigenvalue weighted by molar-refractivity contribution is 5.02. The summed E-state index contributed by atoms with van der Waals surface area (Å²) in [6.07, 6.45) is 2.61. The van der Waals surface area contributed by atoms with E-state index in [4.69, 9.17) is 0 Å². The molecule has 12 heavy (non-hydrogen) atoms. The van der Waals surface area contributed by atoms with Crippen LogP contribution in [0.2, 0.25) is 0 Å². The molecule has 1 aliphatic heterocycles. The molecular weight excluding hydrogens is 146 g/mol. The summed E-state index contributed by atoms with van der Waals surface area (Å²) < 4.78 is 0. The van der Waals surface area contributed by atoms with Crippen molar-refractivity contribution in [3.05, 3.63) is 0 Å². The molecule has 0 saturated carbocycles. The fourth-order valence-electron chi connectivity index (χ4n) is 1.49. The van der Waals surface area contributed by atoms with Crippen LogP contribution in [0.4, 0.5) is 0 Å². The lowest BCUT2D eigenvalue weighted by molar-refractivity contribution is 0.242. The molecule has 1 unspecified atom stereocenters. The summed E-state index contributed by atoms with van der Waals surface area (Å²) in [7, 11) is 2.17. The molecule has 1 aliphatic rings. The Labute approximate surface area is 77.1 Å². The minimum absolute atomic E-state index is 0.642. The SMILES string of the molecule is CC.CC#CC1CCCN(C)C1. The lowest BCUT2D eigenvalue weighted by Crippen LogP contribution is -2.31. The van der Waals surface area contributed by atoms with Crippen LogP contribution in [0.15, 0.2) is 0 Å². The number of likely N-dealkylation sites (tertiary alicyclic amines) is 1. The first-order valence-electron chi connectivity index (χ1n) is 4.93. The molecule has 0 aromatic rings. The van der Waals surface area contributed by atoms with E-state index in [1.165, 1.54) is 25.9 Å². The molecule has 0 radical (unpaired) electrons. The van der Waals surface area contributed by atoms with Gasteiger partial charge in [-0.15, -0.1) is 5.92 Å². The Bertz CT molecular complexity index is 152. The molecule has 1 heterocycles. The summed E-state index contributed by atoms with van der Waals surface area (Å²) in [5, 5.41) is 0. The number of piperidine rings is 1. The largest absolute Gasteiger partial charge is 0.305 e.